The summed E-state index contributed by atoms with van der Waals surface area (Å²) in [5, 5.41) is 16.9. The molecule has 160 valence electrons. The van der Waals surface area contributed by atoms with E-state index in [0.717, 1.165) is 11.9 Å². The number of rotatable bonds is 7. The number of aryl methyl sites for hydroxylation is 1. The Morgan fingerprint density at radius 2 is 2.10 bits per heavy atom. The number of carbonyl (C=O) groups excluding carboxylic acids is 1. The molecule has 0 spiro atoms. The van der Waals surface area contributed by atoms with Crippen molar-refractivity contribution in [3.8, 4) is 5.75 Å². The van der Waals surface area contributed by atoms with Crippen LogP contribution in [0.25, 0.3) is 5.52 Å². The van der Waals surface area contributed by atoms with Crippen LogP contribution in [-0.2, 0) is 6.42 Å². The summed E-state index contributed by atoms with van der Waals surface area (Å²) in [5.74, 6) is -0.558. The normalized spacial score (nSPS) is 11.8. The third kappa shape index (κ3) is 4.65. The molecule has 0 aliphatic heterocycles. The molecule has 0 saturated heterocycles. The minimum absolute atomic E-state index is 0.182. The number of nitrogens with one attached hydrogen (secondary N) is 1. The summed E-state index contributed by atoms with van der Waals surface area (Å²) in [4.78, 5) is 24.7. The van der Waals surface area contributed by atoms with Crippen molar-refractivity contribution in [2.45, 2.75) is 38.8 Å². The zero-order chi connectivity index (χ0) is 22.1. The maximum atomic E-state index is 12.9. The van der Waals surface area contributed by atoms with Gasteiger partial charge in [-0.2, -0.15) is 13.9 Å². The number of carbonyl (C=O) groups is 1. The number of nitrogens with zero attached hydrogens (tertiary/aromatic N) is 3. The van der Waals surface area contributed by atoms with Crippen molar-refractivity contribution in [1.29, 1.82) is 0 Å². The van der Waals surface area contributed by atoms with Gasteiger partial charge < -0.3 is 15.2 Å². The first-order valence-corrected chi connectivity index (χ1v) is 9.18. The lowest BCUT2D eigenvalue weighted by molar-refractivity contribution is 0.0658. The van der Waals surface area contributed by atoms with Gasteiger partial charge in [0, 0.05) is 6.20 Å². The Morgan fingerprint density at radius 1 is 1.37 bits per heavy atom. The highest BCUT2D eigenvalue weighted by atomic mass is 19.3. The van der Waals surface area contributed by atoms with Crippen LogP contribution in [0.1, 0.15) is 42.9 Å². The molecule has 0 radical (unpaired) electrons. The van der Waals surface area contributed by atoms with Crippen LogP contribution in [0.15, 0.2) is 41.5 Å². The molecule has 2 N–H and O–H groups in total. The number of anilines is 1. The smallest absolute Gasteiger partial charge is 0.321 e. The van der Waals surface area contributed by atoms with Gasteiger partial charge in [-0.15, -0.1) is 0 Å². The second-order valence-corrected chi connectivity index (χ2v) is 7.44. The molecule has 0 fully saturated rings. The van der Waals surface area contributed by atoms with Crippen LogP contribution >= 0.6 is 0 Å². The average molecular weight is 420 g/mol. The largest absolute Gasteiger partial charge is 0.493 e. The number of halogens is 2. The van der Waals surface area contributed by atoms with Crippen molar-refractivity contribution < 1.29 is 23.4 Å². The molecule has 0 unspecified atom stereocenters. The van der Waals surface area contributed by atoms with Gasteiger partial charge in [-0.3, -0.25) is 14.2 Å². The van der Waals surface area contributed by atoms with Crippen molar-refractivity contribution in [2.24, 2.45) is 0 Å². The fraction of sp³-hybridized carbons (Fsp3) is 0.350. The van der Waals surface area contributed by atoms with Crippen LogP contribution in [0.5, 0.6) is 5.75 Å². The molecule has 30 heavy (non-hydrogen) atoms. The maximum Gasteiger partial charge on any atom is 0.321 e. The molecule has 3 aromatic rings. The zero-order valence-electron chi connectivity index (χ0n) is 16.7. The molecule has 3 rings (SSSR count). The quantitative estimate of drug-likeness (QED) is 0.613. The summed E-state index contributed by atoms with van der Waals surface area (Å²) in [6.45, 7) is 0.376. The van der Waals surface area contributed by atoms with Crippen molar-refractivity contribution in [1.82, 2.24) is 14.2 Å². The topological polar surface area (TPSA) is 97.9 Å². The van der Waals surface area contributed by atoms with Crippen LogP contribution in [-0.4, -0.2) is 37.9 Å². The molecule has 0 aromatic carbocycles. The molecule has 0 atom stereocenters. The summed E-state index contributed by atoms with van der Waals surface area (Å²) in [7, 11) is 1.40. The van der Waals surface area contributed by atoms with Gasteiger partial charge in [0.1, 0.15) is 5.56 Å². The van der Waals surface area contributed by atoms with Crippen LogP contribution < -0.4 is 15.6 Å². The lowest BCUT2D eigenvalue weighted by Crippen LogP contribution is -2.29. The summed E-state index contributed by atoms with van der Waals surface area (Å²) in [6, 6.07) is 5.78. The molecule has 0 aliphatic carbocycles. The molecule has 0 aliphatic rings. The second-order valence-electron chi connectivity index (χ2n) is 7.44. The highest BCUT2D eigenvalue weighted by molar-refractivity contribution is 6.05. The number of aromatic nitrogens is 3. The SMILES string of the molecule is COc1cn2nc(CCC(C)(C)O)cc2cc1NC(=O)c1cccn(C(F)F)c1=O. The van der Waals surface area contributed by atoms with Crippen molar-refractivity contribution in [3.63, 3.8) is 0 Å². The Kier molecular flexibility index (Phi) is 5.88. The lowest BCUT2D eigenvalue weighted by atomic mass is 10.0. The summed E-state index contributed by atoms with van der Waals surface area (Å²) in [6.07, 6.45) is 3.53. The highest BCUT2D eigenvalue weighted by Crippen LogP contribution is 2.27. The molecule has 1 amide bonds. The van der Waals surface area contributed by atoms with Crippen LogP contribution in [0.2, 0.25) is 0 Å². The van der Waals surface area contributed by atoms with Gasteiger partial charge in [0.25, 0.3) is 11.5 Å². The Morgan fingerprint density at radius 3 is 2.73 bits per heavy atom. The van der Waals surface area contributed by atoms with E-state index in [-0.39, 0.29) is 16.0 Å². The van der Waals surface area contributed by atoms with Crippen LogP contribution in [0.3, 0.4) is 0 Å². The fourth-order valence-electron chi connectivity index (χ4n) is 2.92. The van der Waals surface area contributed by atoms with Gasteiger partial charge in [-0.05, 0) is 51.0 Å². The van der Waals surface area contributed by atoms with Crippen molar-refractivity contribution in [3.05, 3.63) is 58.3 Å². The number of pyridine rings is 2. The zero-order valence-corrected chi connectivity index (χ0v) is 16.7. The molecular weight excluding hydrogens is 398 g/mol. The van der Waals surface area contributed by atoms with Crippen molar-refractivity contribution >= 4 is 17.1 Å². The summed E-state index contributed by atoms with van der Waals surface area (Å²) in [5.41, 5.74) is -0.688. The predicted molar refractivity (Wildman–Crippen MR) is 106 cm³/mol. The Hall–Kier alpha value is -3.27. The first kappa shape index (κ1) is 21.4. The average Bonchev–Trinajstić information content (AvgIpc) is 3.06. The lowest BCUT2D eigenvalue weighted by Gasteiger charge is -2.15. The molecular formula is C20H22F2N4O4. The van der Waals surface area contributed by atoms with E-state index in [9.17, 15) is 23.5 Å². The van der Waals surface area contributed by atoms with E-state index in [1.165, 1.54) is 19.2 Å². The monoisotopic (exact) mass is 420 g/mol. The number of hydrogen-bond donors (Lipinski definition) is 2. The van der Waals surface area contributed by atoms with Gasteiger partial charge in [0.2, 0.25) is 0 Å². The number of fused-ring (bicyclic) bond motifs is 1. The van der Waals surface area contributed by atoms with Gasteiger partial charge in [0.05, 0.1) is 35.8 Å². The van der Waals surface area contributed by atoms with Crippen molar-refractivity contribution in [2.75, 3.05) is 12.4 Å². The predicted octanol–water partition coefficient (Wildman–Crippen LogP) is 2.86. The molecule has 3 aromatic heterocycles. The van der Waals surface area contributed by atoms with E-state index in [2.05, 4.69) is 10.4 Å². The first-order valence-electron chi connectivity index (χ1n) is 9.18. The van der Waals surface area contributed by atoms with E-state index < -0.39 is 29.2 Å². The minimum Gasteiger partial charge on any atom is -0.493 e. The van der Waals surface area contributed by atoms with Gasteiger partial charge in [0.15, 0.2) is 5.75 Å². The number of amides is 1. The Bertz CT molecular complexity index is 1130. The maximum absolute atomic E-state index is 12.9. The minimum atomic E-state index is -3.05. The van der Waals surface area contributed by atoms with Gasteiger partial charge >= 0.3 is 6.55 Å². The summed E-state index contributed by atoms with van der Waals surface area (Å²) < 4.78 is 32.9. The fourth-order valence-corrected chi connectivity index (χ4v) is 2.92. The Labute approximate surface area is 170 Å². The molecule has 3 heterocycles. The highest BCUT2D eigenvalue weighted by Gasteiger charge is 2.19. The molecule has 0 saturated carbocycles. The third-order valence-corrected chi connectivity index (χ3v) is 4.50. The number of alkyl halides is 2. The van der Waals surface area contributed by atoms with E-state index >= 15 is 0 Å². The first-order chi connectivity index (χ1) is 14.1. The van der Waals surface area contributed by atoms with Crippen LogP contribution in [0, 0.1) is 0 Å². The standard InChI is InChI=1S/C20H22F2N4O4/c1-20(2,29)7-6-12-9-13-10-15(16(30-3)11-26(13)24-12)23-17(27)14-5-4-8-25(18(14)28)19(21)22/h4-5,8-11,19,29H,6-7H2,1-3H3,(H,23,27). The molecule has 0 bridgehead atoms. The Balaban J connectivity index is 1.91. The third-order valence-electron chi connectivity index (χ3n) is 4.50. The van der Waals surface area contributed by atoms with E-state index in [4.69, 9.17) is 4.74 Å². The number of methoxy groups -OCH3 is 1. The number of ether oxygens (including phenoxy) is 1. The number of aliphatic hydroxyl groups is 1. The number of hydrogen-bond acceptors (Lipinski definition) is 5. The van der Waals surface area contributed by atoms with Gasteiger partial charge in [-0.25, -0.2) is 4.52 Å². The summed E-state index contributed by atoms with van der Waals surface area (Å²) >= 11 is 0. The molecule has 10 heteroatoms. The second kappa shape index (κ2) is 8.23. The van der Waals surface area contributed by atoms with Gasteiger partial charge in [-0.1, -0.05) is 0 Å². The molecule has 8 nitrogen and oxygen atoms in total. The van der Waals surface area contributed by atoms with E-state index in [0.29, 0.717) is 18.4 Å². The van der Waals surface area contributed by atoms with E-state index in [1.807, 2.05) is 0 Å². The van der Waals surface area contributed by atoms with E-state index in [1.54, 1.807) is 36.7 Å². The van der Waals surface area contributed by atoms with Crippen LogP contribution in [0.4, 0.5) is 14.5 Å².